The summed E-state index contributed by atoms with van der Waals surface area (Å²) in [4.78, 5) is 9.35. The van der Waals surface area contributed by atoms with E-state index in [2.05, 4.69) is 15.2 Å². The van der Waals surface area contributed by atoms with Gasteiger partial charge in [0.15, 0.2) is 5.84 Å². The van der Waals surface area contributed by atoms with Gasteiger partial charge in [-0.15, -0.1) is 0 Å². The lowest BCUT2D eigenvalue weighted by atomic mass is 9.95. The second kappa shape index (κ2) is 6.45. The quantitative estimate of drug-likeness (QED) is 0.486. The van der Waals surface area contributed by atoms with Crippen molar-refractivity contribution >= 4 is 29.0 Å². The maximum atomic E-state index is 5.96. The number of hydrogen-bond donors (Lipinski definition) is 0. The minimum atomic E-state index is -0.231. The molecule has 0 aliphatic heterocycles. The molecule has 21 heavy (non-hydrogen) atoms. The summed E-state index contributed by atoms with van der Waals surface area (Å²) in [5.41, 5.74) is 0.658. The molecule has 0 N–H and O–H groups in total. The molecule has 1 aromatic carbocycles. The van der Waals surface area contributed by atoms with E-state index in [0.717, 1.165) is 5.56 Å². The first kappa shape index (κ1) is 15.8. The molecule has 0 bridgehead atoms. The van der Waals surface area contributed by atoms with Crippen LogP contribution in [0.1, 0.15) is 26.3 Å². The van der Waals surface area contributed by atoms with Crippen LogP contribution in [0.3, 0.4) is 0 Å². The lowest BCUT2D eigenvalue weighted by molar-refractivity contribution is 0.126. The Bertz CT molecular complexity index is 633. The smallest absolute Gasteiger partial charge is 0.176 e. The molecule has 0 atom stereocenters. The summed E-state index contributed by atoms with van der Waals surface area (Å²) >= 11 is 11.8. The minimum Gasteiger partial charge on any atom is -0.389 e. The summed E-state index contributed by atoms with van der Waals surface area (Å²) in [6.07, 6.45) is 3.05. The van der Waals surface area contributed by atoms with Crippen molar-refractivity contribution in [3.05, 3.63) is 46.5 Å². The first-order valence-electron chi connectivity index (χ1n) is 6.37. The molecule has 5 nitrogen and oxygen atoms in total. The molecule has 0 amide bonds. The predicted molar refractivity (Wildman–Crippen MR) is 83.6 cm³/mol. The lowest BCUT2D eigenvalue weighted by Crippen LogP contribution is -2.28. The number of oxime groups is 1. The first-order chi connectivity index (χ1) is 9.88. The van der Waals surface area contributed by atoms with E-state index in [-0.39, 0.29) is 5.41 Å². The number of halogens is 2. The minimum absolute atomic E-state index is 0.231. The largest absolute Gasteiger partial charge is 0.389 e. The molecule has 0 aliphatic rings. The third-order valence-corrected chi connectivity index (χ3v) is 3.41. The normalized spacial score (nSPS) is 12.5. The van der Waals surface area contributed by atoms with Crippen LogP contribution in [0.2, 0.25) is 10.0 Å². The summed E-state index contributed by atoms with van der Waals surface area (Å²) in [6.45, 7) is 6.37. The number of benzene rings is 1. The second-order valence-electron chi connectivity index (χ2n) is 5.53. The van der Waals surface area contributed by atoms with E-state index in [4.69, 9.17) is 28.0 Å². The molecular weight excluding hydrogens is 311 g/mol. The molecule has 1 aromatic heterocycles. The highest BCUT2D eigenvalue weighted by atomic mass is 35.5. The van der Waals surface area contributed by atoms with E-state index < -0.39 is 0 Å². The molecule has 0 saturated heterocycles. The van der Waals surface area contributed by atoms with Crippen molar-refractivity contribution < 1.29 is 4.84 Å². The Kier molecular flexibility index (Phi) is 4.85. The summed E-state index contributed by atoms with van der Waals surface area (Å²) in [5.74, 6) is 0.667. The molecule has 112 valence electrons. The standard InChI is InChI=1S/C14H16Cl2N4O/c1-14(2,3)13(20-9-17-8-18-20)19-21-7-10-4-5-11(15)12(16)6-10/h4-6,8-9H,7H2,1-3H3. The highest BCUT2D eigenvalue weighted by molar-refractivity contribution is 6.42. The molecule has 2 rings (SSSR count). The SMILES string of the molecule is CC(C)(C)C(=NOCc1ccc(Cl)c(Cl)c1)n1cncn1. The van der Waals surface area contributed by atoms with Crippen molar-refractivity contribution in [1.29, 1.82) is 0 Å². The molecule has 0 spiro atoms. The Labute approximate surface area is 133 Å². The van der Waals surface area contributed by atoms with Gasteiger partial charge in [0.2, 0.25) is 0 Å². The molecule has 0 aliphatic carbocycles. The van der Waals surface area contributed by atoms with Gasteiger partial charge in [-0.3, -0.25) is 0 Å². The van der Waals surface area contributed by atoms with Crippen LogP contribution in [-0.2, 0) is 11.4 Å². The van der Waals surface area contributed by atoms with Crippen molar-refractivity contribution in [1.82, 2.24) is 14.8 Å². The van der Waals surface area contributed by atoms with Gasteiger partial charge >= 0.3 is 0 Å². The number of hydrogen-bond acceptors (Lipinski definition) is 4. The van der Waals surface area contributed by atoms with Crippen LogP contribution in [0.15, 0.2) is 36.0 Å². The van der Waals surface area contributed by atoms with Crippen molar-refractivity contribution in [3.8, 4) is 0 Å². The summed E-state index contributed by atoms with van der Waals surface area (Å²) in [5, 5.41) is 9.29. The Morgan fingerprint density at radius 3 is 2.62 bits per heavy atom. The second-order valence-corrected chi connectivity index (χ2v) is 6.34. The highest BCUT2D eigenvalue weighted by Gasteiger charge is 2.22. The first-order valence-corrected chi connectivity index (χ1v) is 7.13. The van der Waals surface area contributed by atoms with Crippen LogP contribution in [0.4, 0.5) is 0 Å². The van der Waals surface area contributed by atoms with Gasteiger partial charge in [0.05, 0.1) is 10.0 Å². The van der Waals surface area contributed by atoms with Crippen LogP contribution in [0.25, 0.3) is 0 Å². The molecule has 0 saturated carbocycles. The van der Waals surface area contributed by atoms with Crippen molar-refractivity contribution in [2.75, 3.05) is 0 Å². The van der Waals surface area contributed by atoms with Gasteiger partial charge in [0.25, 0.3) is 0 Å². The van der Waals surface area contributed by atoms with E-state index in [9.17, 15) is 0 Å². The molecule has 1 heterocycles. The Morgan fingerprint density at radius 1 is 1.29 bits per heavy atom. The average Bonchev–Trinajstić information content (AvgIpc) is 2.90. The number of aromatic nitrogens is 3. The topological polar surface area (TPSA) is 52.3 Å². The van der Waals surface area contributed by atoms with E-state index in [1.165, 1.54) is 6.33 Å². The molecular formula is C14H16Cl2N4O. The predicted octanol–water partition coefficient (Wildman–Crippen LogP) is 4.01. The van der Waals surface area contributed by atoms with Crippen molar-refractivity contribution in [2.24, 2.45) is 10.6 Å². The van der Waals surface area contributed by atoms with Crippen LogP contribution < -0.4 is 0 Å². The van der Waals surface area contributed by atoms with E-state index in [1.54, 1.807) is 23.1 Å². The van der Waals surface area contributed by atoms with E-state index >= 15 is 0 Å². The van der Waals surface area contributed by atoms with Crippen molar-refractivity contribution in [2.45, 2.75) is 27.4 Å². The monoisotopic (exact) mass is 326 g/mol. The van der Waals surface area contributed by atoms with Crippen molar-refractivity contribution in [3.63, 3.8) is 0 Å². The lowest BCUT2D eigenvalue weighted by Gasteiger charge is -2.19. The molecule has 2 aromatic rings. The average molecular weight is 327 g/mol. The van der Waals surface area contributed by atoms with E-state index in [0.29, 0.717) is 22.5 Å². The fourth-order valence-corrected chi connectivity index (χ4v) is 1.96. The Hall–Kier alpha value is -1.59. The van der Waals surface area contributed by atoms with Gasteiger partial charge in [-0.1, -0.05) is 55.2 Å². The maximum absolute atomic E-state index is 5.96. The summed E-state index contributed by atoms with van der Waals surface area (Å²) in [6, 6.07) is 5.33. The maximum Gasteiger partial charge on any atom is 0.176 e. The van der Waals surface area contributed by atoms with Gasteiger partial charge in [-0.05, 0) is 17.7 Å². The third kappa shape index (κ3) is 4.19. The van der Waals surface area contributed by atoms with Gasteiger partial charge in [-0.2, -0.15) is 5.10 Å². The van der Waals surface area contributed by atoms with Crippen LogP contribution in [0, 0.1) is 5.41 Å². The number of nitrogens with zero attached hydrogens (tertiary/aromatic N) is 4. The fraction of sp³-hybridized carbons (Fsp3) is 0.357. The summed E-state index contributed by atoms with van der Waals surface area (Å²) < 4.78 is 1.59. The van der Waals surface area contributed by atoms with Crippen LogP contribution in [0.5, 0.6) is 0 Å². The van der Waals surface area contributed by atoms with E-state index in [1.807, 2.05) is 26.8 Å². The molecule has 0 radical (unpaired) electrons. The summed E-state index contributed by atoms with van der Waals surface area (Å²) in [7, 11) is 0. The number of rotatable bonds is 3. The zero-order valence-corrected chi connectivity index (χ0v) is 13.6. The van der Waals surface area contributed by atoms with Crippen LogP contribution in [-0.4, -0.2) is 20.6 Å². The molecule has 0 fully saturated rings. The van der Waals surface area contributed by atoms with Gasteiger partial charge in [0, 0.05) is 5.41 Å². The van der Waals surface area contributed by atoms with Gasteiger partial charge in [0.1, 0.15) is 19.3 Å². The van der Waals surface area contributed by atoms with Crippen LogP contribution >= 0.6 is 23.2 Å². The van der Waals surface area contributed by atoms with Gasteiger partial charge < -0.3 is 4.84 Å². The Balaban J connectivity index is 2.12. The fourth-order valence-electron chi connectivity index (χ4n) is 1.64. The molecule has 7 heteroatoms. The highest BCUT2D eigenvalue weighted by Crippen LogP contribution is 2.23. The Morgan fingerprint density at radius 2 is 2.05 bits per heavy atom. The zero-order chi connectivity index (χ0) is 15.5. The van der Waals surface area contributed by atoms with Gasteiger partial charge in [-0.25, -0.2) is 9.67 Å². The third-order valence-electron chi connectivity index (χ3n) is 2.67. The molecule has 0 unspecified atom stereocenters. The zero-order valence-electron chi connectivity index (χ0n) is 12.0.